The molecule has 34 heavy (non-hydrogen) atoms. The molecule has 0 aliphatic carbocycles. The van der Waals surface area contributed by atoms with Gasteiger partial charge in [0.2, 0.25) is 11.8 Å². The number of carbonyl (C=O) groups excluding carboxylic acids is 2. The number of thioether (sulfide) groups is 2. The molecule has 3 aromatic rings. The highest BCUT2D eigenvalue weighted by Gasteiger charge is 2.58. The van der Waals surface area contributed by atoms with Crippen LogP contribution >= 0.6 is 23.5 Å². The fourth-order valence-corrected chi connectivity index (χ4v) is 6.92. The van der Waals surface area contributed by atoms with Crippen molar-refractivity contribution in [1.82, 2.24) is 15.2 Å². The third-order valence-electron chi connectivity index (χ3n) is 5.77. The lowest BCUT2D eigenvalue weighted by Gasteiger charge is -2.53. The number of carboxylic acid groups (broad SMARTS) is 1. The summed E-state index contributed by atoms with van der Waals surface area (Å²) in [6, 6.07) is 10.8. The minimum absolute atomic E-state index is 0.00719. The van der Waals surface area contributed by atoms with E-state index < -0.39 is 16.1 Å². The molecule has 0 spiro atoms. The van der Waals surface area contributed by atoms with Gasteiger partial charge in [-0.3, -0.25) is 14.4 Å². The Bertz CT molecular complexity index is 1180. The molecule has 2 aliphatic heterocycles. The van der Waals surface area contributed by atoms with Crippen molar-refractivity contribution in [3.05, 3.63) is 72.3 Å². The minimum atomic E-state index is -1.46. The molecule has 2 N–H and O–H groups in total. The molecule has 2 aliphatic rings. The molecule has 3 atom stereocenters. The number of β-lactam (4-membered cyclic amide) rings is 1. The number of rotatable bonds is 8. The van der Waals surface area contributed by atoms with Gasteiger partial charge in [-0.1, -0.05) is 12.1 Å². The van der Waals surface area contributed by atoms with Gasteiger partial charge in [0.1, 0.15) is 17.4 Å². The third kappa shape index (κ3) is 4.45. The number of aromatic nitrogens is 1. The largest absolute Gasteiger partial charge is 0.480 e. The van der Waals surface area contributed by atoms with E-state index in [9.17, 15) is 19.5 Å². The van der Waals surface area contributed by atoms with Crippen molar-refractivity contribution in [3.63, 3.8) is 0 Å². The van der Waals surface area contributed by atoms with E-state index in [4.69, 9.17) is 8.83 Å². The number of aliphatic carboxylic acids is 1. The Morgan fingerprint density at radius 1 is 1.24 bits per heavy atom. The zero-order valence-electron chi connectivity index (χ0n) is 17.9. The molecule has 2 aromatic heterocycles. The second-order valence-electron chi connectivity index (χ2n) is 8.06. The lowest BCUT2D eigenvalue weighted by molar-refractivity contribution is -0.147. The molecule has 5 rings (SSSR count). The maximum absolute atomic E-state index is 12.7. The van der Waals surface area contributed by atoms with Crippen LogP contribution in [0.5, 0.6) is 0 Å². The first-order chi connectivity index (χ1) is 16.4. The van der Waals surface area contributed by atoms with Crippen LogP contribution in [0.15, 0.2) is 68.9 Å². The normalized spacial score (nSPS) is 23.8. The molecule has 0 radical (unpaired) electrons. The van der Waals surface area contributed by atoms with Gasteiger partial charge in [-0.2, -0.15) is 0 Å². The van der Waals surface area contributed by atoms with Crippen molar-refractivity contribution >= 4 is 41.3 Å². The SMILES string of the molecule is O=C(Cc1ccco1)NC1S[C@@H]2CC(=O)N2CC1(Sc1ccc(Cc2ncco2)cc1)C(=O)O. The maximum Gasteiger partial charge on any atom is 0.325 e. The zero-order chi connectivity index (χ0) is 23.7. The van der Waals surface area contributed by atoms with Crippen molar-refractivity contribution in [2.75, 3.05) is 6.54 Å². The number of benzene rings is 1. The molecule has 4 heterocycles. The highest BCUT2D eigenvalue weighted by atomic mass is 32.2. The lowest BCUT2D eigenvalue weighted by Crippen LogP contribution is -2.69. The van der Waals surface area contributed by atoms with Crippen LogP contribution in [0.3, 0.4) is 0 Å². The minimum Gasteiger partial charge on any atom is -0.480 e. The van der Waals surface area contributed by atoms with Crippen LogP contribution in [-0.2, 0) is 27.2 Å². The number of hydrogen-bond donors (Lipinski definition) is 2. The Morgan fingerprint density at radius 3 is 2.71 bits per heavy atom. The van der Waals surface area contributed by atoms with Gasteiger partial charge < -0.3 is 24.2 Å². The fourth-order valence-electron chi connectivity index (χ4n) is 3.97. The van der Waals surface area contributed by atoms with Gasteiger partial charge >= 0.3 is 5.97 Å². The summed E-state index contributed by atoms with van der Waals surface area (Å²) >= 11 is 2.45. The van der Waals surface area contributed by atoms with Crippen LogP contribution in [0, 0.1) is 0 Å². The molecule has 176 valence electrons. The van der Waals surface area contributed by atoms with Crippen LogP contribution in [0.1, 0.15) is 23.6 Å². The van der Waals surface area contributed by atoms with Gasteiger partial charge in [-0.05, 0) is 29.8 Å². The van der Waals surface area contributed by atoms with Gasteiger partial charge in [-0.15, -0.1) is 23.5 Å². The Morgan fingerprint density at radius 2 is 2.06 bits per heavy atom. The van der Waals surface area contributed by atoms with Crippen LogP contribution in [0.4, 0.5) is 0 Å². The summed E-state index contributed by atoms with van der Waals surface area (Å²) in [6.45, 7) is 0.00721. The summed E-state index contributed by atoms with van der Waals surface area (Å²) in [6.07, 6.45) is 5.45. The Kier molecular flexibility index (Phi) is 6.13. The molecule has 0 bridgehead atoms. The van der Waals surface area contributed by atoms with E-state index in [1.165, 1.54) is 24.3 Å². The molecule has 11 heteroatoms. The Balaban J connectivity index is 1.37. The molecule has 2 amide bonds. The van der Waals surface area contributed by atoms with Crippen molar-refractivity contribution in [2.24, 2.45) is 0 Å². The van der Waals surface area contributed by atoms with Crippen LogP contribution in [0.2, 0.25) is 0 Å². The predicted molar refractivity (Wildman–Crippen MR) is 124 cm³/mol. The molecule has 2 saturated heterocycles. The molecule has 1 aromatic carbocycles. The average Bonchev–Trinajstić information content (AvgIpc) is 3.51. The van der Waals surface area contributed by atoms with E-state index in [1.807, 2.05) is 24.3 Å². The number of amides is 2. The van der Waals surface area contributed by atoms with Crippen LogP contribution in [0.25, 0.3) is 0 Å². The number of oxazole rings is 1. The zero-order valence-corrected chi connectivity index (χ0v) is 19.5. The molecular weight excluding hydrogens is 478 g/mol. The third-order valence-corrected chi connectivity index (χ3v) is 8.86. The topological polar surface area (TPSA) is 126 Å². The average molecular weight is 500 g/mol. The van der Waals surface area contributed by atoms with Crippen molar-refractivity contribution < 1.29 is 28.3 Å². The lowest BCUT2D eigenvalue weighted by atomic mass is 10.0. The highest BCUT2D eigenvalue weighted by Crippen LogP contribution is 2.49. The van der Waals surface area contributed by atoms with E-state index >= 15 is 0 Å². The number of nitrogens with one attached hydrogen (secondary N) is 1. The smallest absolute Gasteiger partial charge is 0.325 e. The maximum atomic E-state index is 12.7. The second-order valence-corrected chi connectivity index (χ2v) is 10.8. The number of nitrogens with zero attached hydrogens (tertiary/aromatic N) is 2. The van der Waals surface area contributed by atoms with Gasteiger partial charge in [0.05, 0.1) is 37.2 Å². The van der Waals surface area contributed by atoms with Crippen LogP contribution < -0.4 is 5.32 Å². The van der Waals surface area contributed by atoms with E-state index in [1.54, 1.807) is 23.2 Å². The summed E-state index contributed by atoms with van der Waals surface area (Å²) < 4.78 is 9.07. The van der Waals surface area contributed by atoms with Gasteiger partial charge in [0.15, 0.2) is 10.6 Å². The van der Waals surface area contributed by atoms with E-state index in [2.05, 4.69) is 10.3 Å². The number of furan rings is 1. The molecule has 2 unspecified atom stereocenters. The monoisotopic (exact) mass is 499 g/mol. The number of carboxylic acids is 1. The first-order valence-electron chi connectivity index (χ1n) is 10.6. The molecule has 9 nitrogen and oxygen atoms in total. The van der Waals surface area contributed by atoms with E-state index in [-0.39, 0.29) is 30.2 Å². The summed E-state index contributed by atoms with van der Waals surface area (Å²) in [5.41, 5.74) is 0.968. The summed E-state index contributed by atoms with van der Waals surface area (Å²) in [4.78, 5) is 44.0. The van der Waals surface area contributed by atoms with E-state index in [0.717, 1.165) is 22.2 Å². The summed E-state index contributed by atoms with van der Waals surface area (Å²) in [5.74, 6) is -0.415. The van der Waals surface area contributed by atoms with Gasteiger partial charge in [0, 0.05) is 11.3 Å². The van der Waals surface area contributed by atoms with Gasteiger partial charge in [0.25, 0.3) is 0 Å². The van der Waals surface area contributed by atoms with Crippen molar-refractivity contribution in [2.45, 2.75) is 39.7 Å². The molecule has 2 fully saturated rings. The number of fused-ring (bicyclic) bond motifs is 1. The first-order valence-corrected chi connectivity index (χ1v) is 12.4. The molecular formula is C23H21N3O6S2. The first kappa shape index (κ1) is 22.6. The van der Waals surface area contributed by atoms with Crippen molar-refractivity contribution in [1.29, 1.82) is 0 Å². The Labute approximate surface area is 203 Å². The quantitative estimate of drug-likeness (QED) is 0.450. The van der Waals surface area contributed by atoms with Gasteiger partial charge in [-0.25, -0.2) is 4.98 Å². The number of carbonyl (C=O) groups is 3. The van der Waals surface area contributed by atoms with Crippen LogP contribution in [-0.4, -0.2) is 54.8 Å². The summed E-state index contributed by atoms with van der Waals surface area (Å²) in [5, 5.41) is 12.4. The number of hydrogen-bond acceptors (Lipinski definition) is 8. The Hall–Kier alpha value is -3.18. The standard InChI is InChI=1S/C23H21N3O6S2/c27-17(11-15-2-1-8-31-15)25-21-23(22(29)30,13-26-19(28)12-20(26)33-21)34-16-5-3-14(4-6-16)10-18-24-7-9-32-18/h1-9,20-21H,10-13H2,(H,25,27)(H,29,30)/t20-,21?,23?/m1/s1. The summed E-state index contributed by atoms with van der Waals surface area (Å²) in [7, 11) is 0. The molecule has 0 saturated carbocycles. The van der Waals surface area contributed by atoms with Crippen molar-refractivity contribution in [3.8, 4) is 0 Å². The fraction of sp³-hybridized carbons (Fsp3) is 0.304. The van der Waals surface area contributed by atoms with E-state index in [0.29, 0.717) is 24.5 Å². The second kappa shape index (κ2) is 9.22. The predicted octanol–water partition coefficient (Wildman–Crippen LogP) is 2.76. The highest BCUT2D eigenvalue weighted by molar-refractivity contribution is 8.05.